The van der Waals surface area contributed by atoms with Crippen molar-refractivity contribution in [3.05, 3.63) is 18.2 Å². The van der Waals surface area contributed by atoms with E-state index in [-0.39, 0.29) is 6.54 Å². The second-order valence-corrected chi connectivity index (χ2v) is 4.25. The molecule has 0 bridgehead atoms. The number of nitrogens with zero attached hydrogens (tertiary/aromatic N) is 3. The van der Waals surface area contributed by atoms with E-state index in [1.165, 1.54) is 19.2 Å². The second kappa shape index (κ2) is 8.32. The fraction of sp³-hybridized carbons (Fsp3) is 0.300. The average Bonchev–Trinajstić information content (AvgIpc) is 2.42. The molecule has 0 atom stereocenters. The summed E-state index contributed by atoms with van der Waals surface area (Å²) in [5.41, 5.74) is 0.412. The van der Waals surface area contributed by atoms with Gasteiger partial charge < -0.3 is 9.84 Å². The first-order valence-electron chi connectivity index (χ1n) is 5.29. The highest BCUT2D eigenvalue weighted by molar-refractivity contribution is 7.94. The highest BCUT2D eigenvalue weighted by Crippen LogP contribution is 2.32. The predicted octanol–water partition coefficient (Wildman–Crippen LogP) is 1.54. The van der Waals surface area contributed by atoms with E-state index in [0.717, 1.165) is 12.0 Å². The van der Waals surface area contributed by atoms with Crippen LogP contribution in [0.5, 0.6) is 5.75 Å². The number of methoxy groups -OCH3 is 1. The minimum atomic E-state index is -1.00. The van der Waals surface area contributed by atoms with Crippen LogP contribution in [0.2, 0.25) is 0 Å². The smallest absolute Gasteiger partial charge is 0.324 e. The molecule has 0 unspecified atom stereocenters. The Morgan fingerprint density at radius 2 is 2.30 bits per heavy atom. The van der Waals surface area contributed by atoms with Gasteiger partial charge in [-0.2, -0.15) is 5.90 Å². The number of carboxylic acid groups (broad SMARTS) is 1. The van der Waals surface area contributed by atoms with Gasteiger partial charge in [-0.25, -0.2) is 0 Å². The summed E-state index contributed by atoms with van der Waals surface area (Å²) in [7, 11) is 2.98. The number of ether oxygens (including phenoxy) is 1. The number of carboxylic acids is 1. The molecule has 20 heavy (non-hydrogen) atoms. The highest BCUT2D eigenvalue weighted by Gasteiger charge is 2.06. The first-order chi connectivity index (χ1) is 9.56. The highest BCUT2D eigenvalue weighted by atomic mass is 32.2. The van der Waals surface area contributed by atoms with Crippen LogP contribution in [0.25, 0.3) is 0 Å². The topological polar surface area (TPSA) is 119 Å². The van der Waals surface area contributed by atoms with E-state index in [1.807, 2.05) is 0 Å². The van der Waals surface area contributed by atoms with Crippen LogP contribution in [0, 0.1) is 0 Å². The third-order valence-electron chi connectivity index (χ3n) is 1.99. The maximum atomic E-state index is 10.5. The van der Waals surface area contributed by atoms with Gasteiger partial charge in [0.05, 0.1) is 19.2 Å². The Hall–Kier alpha value is -1.88. The van der Waals surface area contributed by atoms with Crippen molar-refractivity contribution < 1.29 is 24.0 Å². The van der Waals surface area contributed by atoms with Gasteiger partial charge in [0.15, 0.2) is 0 Å². The Morgan fingerprint density at radius 3 is 2.90 bits per heavy atom. The minimum absolute atomic E-state index is 0.260. The molecule has 0 saturated heterocycles. The average molecular weight is 302 g/mol. The lowest BCUT2D eigenvalue weighted by Crippen LogP contribution is -2.19. The molecule has 1 aromatic carbocycles. The van der Waals surface area contributed by atoms with Gasteiger partial charge in [0.25, 0.3) is 0 Å². The van der Waals surface area contributed by atoms with Crippen LogP contribution in [0.1, 0.15) is 0 Å². The molecule has 3 N–H and O–H groups in total. The molecule has 0 aliphatic carbocycles. The number of carbonyl (C=O) groups is 1. The summed E-state index contributed by atoms with van der Waals surface area (Å²) in [4.78, 5) is 15.1. The van der Waals surface area contributed by atoms with Crippen molar-refractivity contribution in [2.45, 2.75) is 4.90 Å². The van der Waals surface area contributed by atoms with Crippen molar-refractivity contribution >= 4 is 23.7 Å². The number of benzene rings is 1. The zero-order valence-corrected chi connectivity index (χ0v) is 11.7. The Kier molecular flexibility index (Phi) is 6.73. The van der Waals surface area contributed by atoms with E-state index in [4.69, 9.17) is 15.7 Å². The molecule has 0 spiro atoms. The summed E-state index contributed by atoms with van der Waals surface area (Å²) in [6, 6.07) is 5.00. The lowest BCUT2D eigenvalue weighted by molar-refractivity contribution is -0.195. The molecule has 0 amide bonds. The number of hydrogen-bond donors (Lipinski definition) is 2. The Labute approximate surface area is 119 Å². The molecule has 0 aromatic heterocycles. The van der Waals surface area contributed by atoms with E-state index in [0.29, 0.717) is 16.3 Å². The molecule has 0 aliphatic heterocycles. The largest absolute Gasteiger partial charge is 0.494 e. The van der Waals surface area contributed by atoms with Crippen LogP contribution in [-0.2, 0) is 14.1 Å². The van der Waals surface area contributed by atoms with Crippen molar-refractivity contribution in [3.63, 3.8) is 0 Å². The third-order valence-corrected chi connectivity index (χ3v) is 2.58. The van der Waals surface area contributed by atoms with Gasteiger partial charge in [-0.3, -0.25) is 9.80 Å². The van der Waals surface area contributed by atoms with Crippen LogP contribution in [0.3, 0.4) is 0 Å². The Bertz CT molecular complexity index is 485. The fourth-order valence-corrected chi connectivity index (χ4v) is 1.61. The van der Waals surface area contributed by atoms with Gasteiger partial charge in [-0.05, 0) is 18.2 Å². The number of rotatable bonds is 8. The van der Waals surface area contributed by atoms with E-state index < -0.39 is 5.97 Å². The molecule has 0 saturated carbocycles. The Balaban J connectivity index is 2.84. The molecule has 0 radical (unpaired) electrons. The molecule has 0 fully saturated rings. The molecule has 1 aromatic rings. The first kappa shape index (κ1) is 16.2. The molecule has 0 heterocycles. The van der Waals surface area contributed by atoms with Crippen LogP contribution >= 0.6 is 12.0 Å². The zero-order chi connectivity index (χ0) is 15.0. The van der Waals surface area contributed by atoms with E-state index >= 15 is 0 Å². The van der Waals surface area contributed by atoms with E-state index in [2.05, 4.69) is 19.7 Å². The van der Waals surface area contributed by atoms with Gasteiger partial charge >= 0.3 is 5.97 Å². The lowest BCUT2D eigenvalue weighted by Gasteiger charge is -2.09. The van der Waals surface area contributed by atoms with E-state index in [1.54, 1.807) is 18.2 Å². The normalized spacial score (nSPS) is 10.8. The summed E-state index contributed by atoms with van der Waals surface area (Å²) in [6.07, 6.45) is 0. The van der Waals surface area contributed by atoms with Crippen LogP contribution in [-0.4, -0.2) is 36.8 Å². The standard InChI is InChI=1S/C10H14N4O5S/c1-14(6-10(15)16)13-12-8-5-7(20-19-18-11)3-4-9(8)17-2/h3-5H,6,11H2,1-2H3,(H,15,16). The third kappa shape index (κ3) is 5.40. The van der Waals surface area contributed by atoms with Crippen LogP contribution in [0.15, 0.2) is 33.4 Å². The number of hydrogen-bond acceptors (Lipinski definition) is 8. The number of likely N-dealkylation sites (N-methyl/N-ethyl adjacent to an activating group) is 1. The molecular formula is C10H14N4O5S. The van der Waals surface area contributed by atoms with Gasteiger partial charge in [0.1, 0.15) is 18.0 Å². The molecule has 110 valence electrons. The zero-order valence-electron chi connectivity index (χ0n) is 10.8. The molecule has 0 aliphatic rings. The van der Waals surface area contributed by atoms with Gasteiger partial charge in [-0.15, -0.1) is 14.4 Å². The quantitative estimate of drug-likeness (QED) is 0.321. The maximum Gasteiger partial charge on any atom is 0.324 e. The van der Waals surface area contributed by atoms with Gasteiger partial charge in [0.2, 0.25) is 0 Å². The molecule has 10 heteroatoms. The van der Waals surface area contributed by atoms with Crippen molar-refractivity contribution in [1.82, 2.24) is 5.01 Å². The summed E-state index contributed by atoms with van der Waals surface area (Å²) in [5.74, 6) is 4.22. The summed E-state index contributed by atoms with van der Waals surface area (Å²) >= 11 is 0.887. The predicted molar refractivity (Wildman–Crippen MR) is 70.0 cm³/mol. The molecule has 1 rings (SSSR count). The van der Waals surface area contributed by atoms with Crippen LogP contribution in [0.4, 0.5) is 5.69 Å². The van der Waals surface area contributed by atoms with Crippen LogP contribution < -0.4 is 10.6 Å². The first-order valence-corrected chi connectivity index (χ1v) is 6.03. The number of aliphatic carboxylic acids is 1. The van der Waals surface area contributed by atoms with Crippen molar-refractivity contribution in [3.8, 4) is 5.75 Å². The van der Waals surface area contributed by atoms with Crippen molar-refractivity contribution in [1.29, 1.82) is 0 Å². The summed E-state index contributed by atoms with van der Waals surface area (Å²) in [5, 5.41) is 17.5. The fourth-order valence-electron chi connectivity index (χ4n) is 1.21. The monoisotopic (exact) mass is 302 g/mol. The maximum absolute atomic E-state index is 10.5. The second-order valence-electron chi connectivity index (χ2n) is 3.48. The molecule has 9 nitrogen and oxygen atoms in total. The SMILES string of the molecule is COc1ccc(SOON)cc1N=NN(C)CC(=O)O. The van der Waals surface area contributed by atoms with Crippen molar-refractivity contribution in [2.75, 3.05) is 20.7 Å². The minimum Gasteiger partial charge on any atom is -0.494 e. The Morgan fingerprint density at radius 1 is 1.55 bits per heavy atom. The van der Waals surface area contributed by atoms with Gasteiger partial charge in [0, 0.05) is 11.9 Å². The molecular weight excluding hydrogens is 288 g/mol. The summed E-state index contributed by atoms with van der Waals surface area (Å²) in [6.45, 7) is -0.260. The van der Waals surface area contributed by atoms with Crippen molar-refractivity contribution in [2.24, 2.45) is 16.2 Å². The number of nitrogens with two attached hydrogens (primary N) is 1. The van der Waals surface area contributed by atoms with Gasteiger partial charge in [-0.1, -0.05) is 5.22 Å². The lowest BCUT2D eigenvalue weighted by atomic mass is 10.3. The van der Waals surface area contributed by atoms with E-state index in [9.17, 15) is 4.79 Å². The summed E-state index contributed by atoms with van der Waals surface area (Å²) < 4.78 is 9.64.